The summed E-state index contributed by atoms with van der Waals surface area (Å²) in [5.41, 5.74) is 9.23. The van der Waals surface area contributed by atoms with Crippen LogP contribution in [0.15, 0.2) is 48.9 Å². The minimum Gasteiger partial charge on any atom is -0.497 e. The Balaban J connectivity index is 1.45. The minimum absolute atomic E-state index is 0.536. The molecule has 4 rings (SSSR count). The fraction of sp³-hybridized carbons (Fsp3) is 0.286. The molecule has 3 heterocycles. The molecule has 1 aliphatic rings. The van der Waals surface area contributed by atoms with Gasteiger partial charge in [-0.05, 0) is 48.9 Å². The Morgan fingerprint density at radius 2 is 1.69 bits per heavy atom. The Morgan fingerprint density at radius 1 is 0.966 bits per heavy atom. The molecule has 1 saturated heterocycles. The Kier molecular flexibility index (Phi) is 5.33. The number of aromatic nitrogens is 3. The molecule has 0 unspecified atom stereocenters. The van der Waals surface area contributed by atoms with Crippen LogP contribution in [0.4, 0.5) is 28.8 Å². The van der Waals surface area contributed by atoms with Gasteiger partial charge in [0.25, 0.3) is 0 Å². The van der Waals surface area contributed by atoms with E-state index in [9.17, 15) is 0 Å². The fourth-order valence-electron chi connectivity index (χ4n) is 3.43. The second-order valence-electron chi connectivity index (χ2n) is 6.98. The number of aryl methyl sites for hydroxylation is 1. The van der Waals surface area contributed by atoms with Crippen LogP contribution in [0.1, 0.15) is 5.56 Å². The van der Waals surface area contributed by atoms with E-state index in [4.69, 9.17) is 10.5 Å². The van der Waals surface area contributed by atoms with E-state index in [1.54, 1.807) is 19.6 Å². The molecule has 1 aromatic carbocycles. The third-order valence-corrected chi connectivity index (χ3v) is 5.04. The molecular formula is C21H25N7O. The number of anilines is 5. The fourth-order valence-corrected chi connectivity index (χ4v) is 3.43. The van der Waals surface area contributed by atoms with Crippen molar-refractivity contribution in [1.82, 2.24) is 15.0 Å². The van der Waals surface area contributed by atoms with Gasteiger partial charge in [-0.25, -0.2) is 15.0 Å². The summed E-state index contributed by atoms with van der Waals surface area (Å²) in [5.74, 6) is 2.91. The van der Waals surface area contributed by atoms with Gasteiger partial charge in [0, 0.05) is 38.1 Å². The predicted octanol–water partition coefficient (Wildman–Crippen LogP) is 2.84. The number of rotatable bonds is 5. The maximum atomic E-state index is 6.39. The van der Waals surface area contributed by atoms with E-state index in [2.05, 4.69) is 42.2 Å². The Morgan fingerprint density at radius 3 is 2.38 bits per heavy atom. The molecule has 1 fully saturated rings. The van der Waals surface area contributed by atoms with E-state index >= 15 is 0 Å². The van der Waals surface area contributed by atoms with Crippen LogP contribution in [0, 0.1) is 6.92 Å². The zero-order valence-electron chi connectivity index (χ0n) is 16.7. The second-order valence-corrected chi connectivity index (χ2v) is 6.98. The number of hydrogen-bond donors (Lipinski definition) is 2. The normalized spacial score (nSPS) is 14.0. The van der Waals surface area contributed by atoms with Crippen molar-refractivity contribution in [3.8, 4) is 5.75 Å². The van der Waals surface area contributed by atoms with Gasteiger partial charge in [-0.2, -0.15) is 0 Å². The van der Waals surface area contributed by atoms with Crippen molar-refractivity contribution in [2.45, 2.75) is 6.92 Å². The number of hydrogen-bond acceptors (Lipinski definition) is 8. The summed E-state index contributed by atoms with van der Waals surface area (Å²) >= 11 is 0. The number of benzene rings is 1. The third kappa shape index (κ3) is 4.16. The Hall–Kier alpha value is -3.55. The summed E-state index contributed by atoms with van der Waals surface area (Å²) in [6, 6.07) is 12.1. The summed E-state index contributed by atoms with van der Waals surface area (Å²) in [6.45, 7) is 5.45. The standard InChI is InChI=1S/C21H25N7O/c1-15-7-8-23-18(13-15)26-20-19(22)21(25-14-24-20)28-11-9-27(10-12-28)16-3-5-17(29-2)6-4-16/h3-8,13-14H,9-12,22H2,1-2H3,(H,23,24,25,26). The first kappa shape index (κ1) is 18.8. The number of nitrogens with zero attached hydrogens (tertiary/aromatic N) is 5. The molecule has 0 radical (unpaired) electrons. The SMILES string of the molecule is COc1ccc(N2CCN(c3ncnc(Nc4cc(C)ccn4)c3N)CC2)cc1. The minimum atomic E-state index is 0.536. The molecule has 1 aliphatic heterocycles. The van der Waals surface area contributed by atoms with Gasteiger partial charge < -0.3 is 25.6 Å². The number of pyridine rings is 1. The zero-order valence-corrected chi connectivity index (χ0v) is 16.7. The number of nitrogens with one attached hydrogen (secondary N) is 1. The predicted molar refractivity (Wildman–Crippen MR) is 116 cm³/mol. The molecule has 0 spiro atoms. The van der Waals surface area contributed by atoms with Crippen molar-refractivity contribution in [2.24, 2.45) is 0 Å². The van der Waals surface area contributed by atoms with Gasteiger partial charge in [-0.3, -0.25) is 0 Å². The molecule has 0 amide bonds. The summed E-state index contributed by atoms with van der Waals surface area (Å²) in [5, 5.41) is 3.20. The van der Waals surface area contributed by atoms with Crippen molar-refractivity contribution in [1.29, 1.82) is 0 Å². The second kappa shape index (κ2) is 8.22. The van der Waals surface area contributed by atoms with Gasteiger partial charge in [0.15, 0.2) is 11.6 Å². The van der Waals surface area contributed by atoms with Crippen LogP contribution in [0.5, 0.6) is 5.75 Å². The molecule has 29 heavy (non-hydrogen) atoms. The van der Waals surface area contributed by atoms with E-state index in [0.29, 0.717) is 17.3 Å². The third-order valence-electron chi connectivity index (χ3n) is 5.04. The van der Waals surface area contributed by atoms with Gasteiger partial charge in [-0.1, -0.05) is 0 Å². The number of nitrogen functional groups attached to an aromatic ring is 1. The number of ether oxygens (including phenoxy) is 1. The van der Waals surface area contributed by atoms with Crippen LogP contribution < -0.4 is 25.6 Å². The Labute approximate surface area is 170 Å². The summed E-state index contributed by atoms with van der Waals surface area (Å²) in [6.07, 6.45) is 3.30. The van der Waals surface area contributed by atoms with E-state index in [1.807, 2.05) is 31.2 Å². The van der Waals surface area contributed by atoms with Gasteiger partial charge in [0.05, 0.1) is 7.11 Å². The highest BCUT2D eigenvalue weighted by Gasteiger charge is 2.21. The lowest BCUT2D eigenvalue weighted by atomic mass is 10.2. The van der Waals surface area contributed by atoms with Gasteiger partial charge in [0.1, 0.15) is 23.6 Å². The summed E-state index contributed by atoms with van der Waals surface area (Å²) in [7, 11) is 1.68. The van der Waals surface area contributed by atoms with E-state index in [1.165, 1.54) is 5.69 Å². The first-order valence-electron chi connectivity index (χ1n) is 9.58. The van der Waals surface area contributed by atoms with Crippen LogP contribution in [0.3, 0.4) is 0 Å². The summed E-state index contributed by atoms with van der Waals surface area (Å²) in [4.78, 5) is 17.6. The quantitative estimate of drug-likeness (QED) is 0.686. The van der Waals surface area contributed by atoms with Gasteiger partial charge in [0.2, 0.25) is 0 Å². The van der Waals surface area contributed by atoms with Crippen molar-refractivity contribution < 1.29 is 4.74 Å². The molecule has 8 nitrogen and oxygen atoms in total. The van der Waals surface area contributed by atoms with Crippen LogP contribution in [0.2, 0.25) is 0 Å². The molecule has 3 aromatic rings. The van der Waals surface area contributed by atoms with Crippen molar-refractivity contribution in [3.05, 3.63) is 54.5 Å². The lowest BCUT2D eigenvalue weighted by molar-refractivity contribution is 0.415. The van der Waals surface area contributed by atoms with Crippen molar-refractivity contribution in [3.63, 3.8) is 0 Å². The van der Waals surface area contributed by atoms with Crippen LogP contribution in [0.25, 0.3) is 0 Å². The zero-order chi connectivity index (χ0) is 20.2. The average Bonchev–Trinajstić information content (AvgIpc) is 2.76. The first-order chi connectivity index (χ1) is 14.1. The molecule has 2 aromatic heterocycles. The highest BCUT2D eigenvalue weighted by molar-refractivity contribution is 5.77. The lowest BCUT2D eigenvalue weighted by Gasteiger charge is -2.37. The maximum absolute atomic E-state index is 6.39. The van der Waals surface area contributed by atoms with Crippen LogP contribution >= 0.6 is 0 Å². The number of nitrogens with two attached hydrogens (primary N) is 1. The molecule has 3 N–H and O–H groups in total. The van der Waals surface area contributed by atoms with Crippen molar-refractivity contribution >= 4 is 28.8 Å². The molecule has 0 bridgehead atoms. The molecule has 0 aliphatic carbocycles. The van der Waals surface area contributed by atoms with Crippen molar-refractivity contribution in [2.75, 3.05) is 54.1 Å². The topological polar surface area (TPSA) is 92.4 Å². The maximum Gasteiger partial charge on any atom is 0.160 e. The largest absolute Gasteiger partial charge is 0.497 e. The van der Waals surface area contributed by atoms with Crippen LogP contribution in [-0.4, -0.2) is 48.2 Å². The van der Waals surface area contributed by atoms with E-state index < -0.39 is 0 Å². The van der Waals surface area contributed by atoms with Crippen LogP contribution in [-0.2, 0) is 0 Å². The molecular weight excluding hydrogens is 366 g/mol. The smallest absolute Gasteiger partial charge is 0.160 e. The Bertz CT molecular complexity index is 969. The molecule has 150 valence electrons. The highest BCUT2D eigenvalue weighted by atomic mass is 16.5. The number of methoxy groups -OCH3 is 1. The van der Waals surface area contributed by atoms with E-state index in [-0.39, 0.29) is 0 Å². The van der Waals surface area contributed by atoms with Gasteiger partial charge in [-0.15, -0.1) is 0 Å². The molecule has 0 saturated carbocycles. The summed E-state index contributed by atoms with van der Waals surface area (Å²) < 4.78 is 5.24. The van der Waals surface area contributed by atoms with E-state index in [0.717, 1.165) is 43.3 Å². The van der Waals surface area contributed by atoms with Gasteiger partial charge >= 0.3 is 0 Å². The average molecular weight is 391 g/mol. The molecule has 0 atom stereocenters. The number of piperazine rings is 1. The monoisotopic (exact) mass is 391 g/mol. The highest BCUT2D eigenvalue weighted by Crippen LogP contribution is 2.29. The lowest BCUT2D eigenvalue weighted by Crippen LogP contribution is -2.47. The first-order valence-corrected chi connectivity index (χ1v) is 9.58. The molecule has 8 heteroatoms.